The van der Waals surface area contributed by atoms with Crippen LogP contribution in [-0.2, 0) is 6.42 Å². The molecule has 1 aromatic carbocycles. The Bertz CT molecular complexity index is 378. The van der Waals surface area contributed by atoms with Crippen LogP contribution in [-0.4, -0.2) is 19.3 Å². The highest BCUT2D eigenvalue weighted by Gasteiger charge is 2.23. The lowest BCUT2D eigenvalue weighted by Crippen LogP contribution is -2.35. The molecule has 1 aromatic rings. The van der Waals surface area contributed by atoms with Gasteiger partial charge in [-0.2, -0.15) is 0 Å². The van der Waals surface area contributed by atoms with Crippen molar-refractivity contribution in [3.05, 3.63) is 33.8 Å². The molecule has 2 rings (SSSR count). The fourth-order valence-electron chi connectivity index (χ4n) is 2.25. The summed E-state index contributed by atoms with van der Waals surface area (Å²) < 4.78 is 14.1. The summed E-state index contributed by atoms with van der Waals surface area (Å²) in [5.74, 6) is 0.123. The first-order valence-electron chi connectivity index (χ1n) is 5.95. The van der Waals surface area contributed by atoms with Crippen molar-refractivity contribution in [1.82, 2.24) is 5.32 Å². The maximum absolute atomic E-state index is 14.1. The van der Waals surface area contributed by atoms with Crippen LogP contribution in [0.2, 0.25) is 10.0 Å². The van der Waals surface area contributed by atoms with Gasteiger partial charge in [0.05, 0.1) is 10.0 Å². The van der Waals surface area contributed by atoms with Crippen LogP contribution in [0, 0.1) is 5.92 Å². The third-order valence-electron chi connectivity index (χ3n) is 3.26. The quantitative estimate of drug-likeness (QED) is 0.883. The van der Waals surface area contributed by atoms with Gasteiger partial charge in [-0.3, -0.25) is 0 Å². The van der Waals surface area contributed by atoms with Crippen molar-refractivity contribution < 1.29 is 4.39 Å². The molecule has 1 nitrogen and oxygen atoms in total. The van der Waals surface area contributed by atoms with E-state index in [4.69, 9.17) is 23.2 Å². The molecule has 0 aliphatic carbocycles. The van der Waals surface area contributed by atoms with Crippen LogP contribution in [0.15, 0.2) is 18.2 Å². The maximum atomic E-state index is 14.1. The lowest BCUT2D eigenvalue weighted by atomic mass is 9.91. The molecule has 2 unspecified atom stereocenters. The molecule has 1 saturated heterocycles. The van der Waals surface area contributed by atoms with Crippen LogP contribution in [0.4, 0.5) is 4.39 Å². The lowest BCUT2D eigenvalue weighted by Gasteiger charge is -2.25. The number of hydrogen-bond donors (Lipinski definition) is 1. The lowest BCUT2D eigenvalue weighted by molar-refractivity contribution is 0.191. The van der Waals surface area contributed by atoms with E-state index in [2.05, 4.69) is 5.32 Å². The summed E-state index contributed by atoms with van der Waals surface area (Å²) in [6.07, 6.45) is 1.64. The largest absolute Gasteiger partial charge is 0.316 e. The van der Waals surface area contributed by atoms with E-state index in [1.54, 1.807) is 12.1 Å². The van der Waals surface area contributed by atoms with Crippen LogP contribution in [0.1, 0.15) is 18.4 Å². The van der Waals surface area contributed by atoms with Crippen LogP contribution in [0.25, 0.3) is 0 Å². The average Bonchev–Trinajstić information content (AvgIpc) is 2.35. The van der Waals surface area contributed by atoms with Crippen LogP contribution in [0.3, 0.4) is 0 Å². The van der Waals surface area contributed by atoms with Crippen LogP contribution >= 0.6 is 23.2 Å². The Morgan fingerprint density at radius 2 is 2.18 bits per heavy atom. The molecular formula is C13H16Cl2FN. The van der Waals surface area contributed by atoms with Crippen molar-refractivity contribution in [3.63, 3.8) is 0 Å². The Hall–Kier alpha value is -0.310. The first kappa shape index (κ1) is 13.1. The third kappa shape index (κ3) is 3.57. The van der Waals surface area contributed by atoms with Crippen molar-refractivity contribution in [3.8, 4) is 0 Å². The average molecular weight is 276 g/mol. The van der Waals surface area contributed by atoms with Gasteiger partial charge in [0.1, 0.15) is 6.17 Å². The van der Waals surface area contributed by atoms with E-state index in [0.717, 1.165) is 31.5 Å². The zero-order chi connectivity index (χ0) is 12.3. The highest BCUT2D eigenvalue weighted by molar-refractivity contribution is 6.42. The SMILES string of the molecule is FC(Cc1ccc(Cl)c(Cl)c1)C1CCCNC1. The number of benzene rings is 1. The van der Waals surface area contributed by atoms with Gasteiger partial charge in [-0.25, -0.2) is 4.39 Å². The Balaban J connectivity index is 1.96. The summed E-state index contributed by atoms with van der Waals surface area (Å²) in [4.78, 5) is 0. The highest BCUT2D eigenvalue weighted by atomic mass is 35.5. The van der Waals surface area contributed by atoms with Crippen molar-refractivity contribution in [2.75, 3.05) is 13.1 Å². The second-order valence-electron chi connectivity index (χ2n) is 4.58. The van der Waals surface area contributed by atoms with Gasteiger partial charge < -0.3 is 5.32 Å². The Morgan fingerprint density at radius 3 is 2.82 bits per heavy atom. The zero-order valence-electron chi connectivity index (χ0n) is 9.56. The third-order valence-corrected chi connectivity index (χ3v) is 4.00. The molecule has 0 spiro atoms. The molecule has 1 aliphatic heterocycles. The Kier molecular flexibility index (Phi) is 4.66. The van der Waals surface area contributed by atoms with Crippen LogP contribution < -0.4 is 5.32 Å². The Morgan fingerprint density at radius 1 is 1.35 bits per heavy atom. The number of alkyl halides is 1. The first-order valence-corrected chi connectivity index (χ1v) is 6.71. The molecule has 2 atom stereocenters. The summed E-state index contributed by atoms with van der Waals surface area (Å²) in [5.41, 5.74) is 0.914. The molecule has 0 amide bonds. The summed E-state index contributed by atoms with van der Waals surface area (Å²) in [7, 11) is 0. The van der Waals surface area contributed by atoms with Gasteiger partial charge in [0.25, 0.3) is 0 Å². The topological polar surface area (TPSA) is 12.0 Å². The van der Waals surface area contributed by atoms with Gasteiger partial charge in [0, 0.05) is 18.9 Å². The minimum absolute atomic E-state index is 0.123. The van der Waals surface area contributed by atoms with Gasteiger partial charge in [-0.1, -0.05) is 29.3 Å². The second-order valence-corrected chi connectivity index (χ2v) is 5.39. The minimum Gasteiger partial charge on any atom is -0.316 e. The normalized spacial score (nSPS) is 22.4. The van der Waals surface area contributed by atoms with Gasteiger partial charge >= 0.3 is 0 Å². The highest BCUT2D eigenvalue weighted by Crippen LogP contribution is 2.26. The molecule has 1 N–H and O–H groups in total. The van der Waals surface area contributed by atoms with E-state index in [0.29, 0.717) is 16.5 Å². The molecule has 0 bridgehead atoms. The summed E-state index contributed by atoms with van der Waals surface area (Å²) >= 11 is 11.7. The molecule has 94 valence electrons. The molecule has 17 heavy (non-hydrogen) atoms. The molecule has 0 aromatic heterocycles. The number of hydrogen-bond acceptors (Lipinski definition) is 1. The van der Waals surface area contributed by atoms with Gasteiger partial charge in [0.15, 0.2) is 0 Å². The van der Waals surface area contributed by atoms with E-state index >= 15 is 0 Å². The van der Waals surface area contributed by atoms with Crippen molar-refractivity contribution >= 4 is 23.2 Å². The molecule has 1 fully saturated rings. The van der Waals surface area contributed by atoms with Gasteiger partial charge in [-0.05, 0) is 37.1 Å². The number of nitrogens with one attached hydrogen (secondary N) is 1. The smallest absolute Gasteiger partial charge is 0.108 e. The molecule has 1 heterocycles. The number of piperidine rings is 1. The fraction of sp³-hybridized carbons (Fsp3) is 0.538. The maximum Gasteiger partial charge on any atom is 0.108 e. The van der Waals surface area contributed by atoms with Gasteiger partial charge in [-0.15, -0.1) is 0 Å². The van der Waals surface area contributed by atoms with E-state index in [1.165, 1.54) is 0 Å². The summed E-state index contributed by atoms with van der Waals surface area (Å²) in [5, 5.41) is 4.25. The predicted octanol–water partition coefficient (Wildman–Crippen LogP) is 3.87. The monoisotopic (exact) mass is 275 g/mol. The van der Waals surface area contributed by atoms with E-state index in [9.17, 15) is 4.39 Å². The van der Waals surface area contributed by atoms with Crippen molar-refractivity contribution in [1.29, 1.82) is 0 Å². The van der Waals surface area contributed by atoms with E-state index in [1.807, 2.05) is 6.07 Å². The molecule has 1 aliphatic rings. The molecular weight excluding hydrogens is 260 g/mol. The fourth-order valence-corrected chi connectivity index (χ4v) is 2.57. The van der Waals surface area contributed by atoms with E-state index < -0.39 is 6.17 Å². The van der Waals surface area contributed by atoms with Crippen LogP contribution in [0.5, 0.6) is 0 Å². The predicted molar refractivity (Wildman–Crippen MR) is 70.7 cm³/mol. The van der Waals surface area contributed by atoms with Crippen molar-refractivity contribution in [2.24, 2.45) is 5.92 Å². The molecule has 4 heteroatoms. The summed E-state index contributed by atoms with van der Waals surface area (Å²) in [6, 6.07) is 5.33. The number of halogens is 3. The minimum atomic E-state index is -0.806. The second kappa shape index (κ2) is 6.03. The van der Waals surface area contributed by atoms with E-state index in [-0.39, 0.29) is 5.92 Å². The zero-order valence-corrected chi connectivity index (χ0v) is 11.1. The van der Waals surface area contributed by atoms with Gasteiger partial charge in [0.2, 0.25) is 0 Å². The molecule has 0 saturated carbocycles. The standard InChI is InChI=1S/C13H16Cl2FN/c14-11-4-3-9(6-12(11)15)7-13(16)10-2-1-5-17-8-10/h3-4,6,10,13,17H,1-2,5,7-8H2. The molecule has 0 radical (unpaired) electrons. The number of rotatable bonds is 3. The van der Waals surface area contributed by atoms with Crippen molar-refractivity contribution in [2.45, 2.75) is 25.4 Å². The first-order chi connectivity index (χ1) is 8.16. The Labute approximate surface area is 111 Å². The summed E-state index contributed by atoms with van der Waals surface area (Å²) in [6.45, 7) is 1.79.